The molecule has 1 heterocycles. The number of aryl methyl sites for hydroxylation is 1. The van der Waals surface area contributed by atoms with E-state index in [9.17, 15) is 4.79 Å². The summed E-state index contributed by atoms with van der Waals surface area (Å²) in [5.74, 6) is 0.140. The lowest BCUT2D eigenvalue weighted by Crippen LogP contribution is -2.55. The van der Waals surface area contributed by atoms with Crippen molar-refractivity contribution in [3.05, 3.63) is 10.6 Å². The van der Waals surface area contributed by atoms with Crippen molar-refractivity contribution in [2.24, 2.45) is 11.7 Å². The van der Waals surface area contributed by atoms with Gasteiger partial charge in [-0.2, -0.15) is 0 Å². The summed E-state index contributed by atoms with van der Waals surface area (Å²) in [5.41, 5.74) is 6.09. The van der Waals surface area contributed by atoms with Crippen LogP contribution in [0, 0.1) is 5.92 Å². The van der Waals surface area contributed by atoms with Crippen molar-refractivity contribution in [2.45, 2.75) is 39.7 Å². The first-order chi connectivity index (χ1) is 7.94. The Balaban J connectivity index is 0.00000289. The molecule has 0 spiro atoms. The van der Waals surface area contributed by atoms with Gasteiger partial charge in [0.15, 0.2) is 0 Å². The van der Waals surface area contributed by atoms with E-state index in [1.807, 2.05) is 27.7 Å². The Morgan fingerprint density at radius 1 is 1.56 bits per heavy atom. The molecule has 1 unspecified atom stereocenters. The number of nitrogens with two attached hydrogens (primary N) is 1. The fourth-order valence-electron chi connectivity index (χ4n) is 1.36. The molecule has 0 fully saturated rings. The molecule has 0 radical (unpaired) electrons. The molecule has 0 aliphatic carbocycles. The lowest BCUT2D eigenvalue weighted by molar-refractivity contribution is 0.0886. The third kappa shape index (κ3) is 3.63. The van der Waals surface area contributed by atoms with Gasteiger partial charge < -0.3 is 11.1 Å². The van der Waals surface area contributed by atoms with Gasteiger partial charge in [-0.25, -0.2) is 0 Å². The van der Waals surface area contributed by atoms with Crippen LogP contribution in [-0.4, -0.2) is 27.6 Å². The van der Waals surface area contributed by atoms with E-state index in [4.69, 9.17) is 5.73 Å². The van der Waals surface area contributed by atoms with Crippen molar-refractivity contribution in [3.8, 4) is 0 Å². The Morgan fingerprint density at radius 3 is 2.61 bits per heavy atom. The van der Waals surface area contributed by atoms with Crippen molar-refractivity contribution in [3.63, 3.8) is 0 Å². The molecule has 1 aromatic rings. The van der Waals surface area contributed by atoms with Crippen molar-refractivity contribution in [1.82, 2.24) is 14.9 Å². The summed E-state index contributed by atoms with van der Waals surface area (Å²) < 4.78 is 3.81. The first-order valence-corrected chi connectivity index (χ1v) is 6.55. The van der Waals surface area contributed by atoms with Crippen LogP contribution in [0.5, 0.6) is 0 Å². The van der Waals surface area contributed by atoms with Gasteiger partial charge in [-0.3, -0.25) is 4.79 Å². The minimum atomic E-state index is -0.397. The van der Waals surface area contributed by atoms with Gasteiger partial charge in [-0.15, -0.1) is 17.5 Å². The van der Waals surface area contributed by atoms with Crippen LogP contribution < -0.4 is 11.1 Å². The van der Waals surface area contributed by atoms with Crippen LogP contribution >= 0.6 is 23.9 Å². The second-order valence-electron chi connectivity index (χ2n) is 4.63. The Kier molecular flexibility index (Phi) is 6.73. The van der Waals surface area contributed by atoms with E-state index in [1.54, 1.807) is 0 Å². The number of nitrogens with zero attached hydrogens (tertiary/aromatic N) is 2. The second-order valence-corrected chi connectivity index (χ2v) is 5.39. The van der Waals surface area contributed by atoms with Crippen molar-refractivity contribution < 1.29 is 4.79 Å². The number of carbonyl (C=O) groups is 1. The minimum Gasteiger partial charge on any atom is -0.345 e. The highest BCUT2D eigenvalue weighted by Crippen LogP contribution is 2.18. The van der Waals surface area contributed by atoms with Crippen LogP contribution in [0.4, 0.5) is 0 Å². The highest BCUT2D eigenvalue weighted by molar-refractivity contribution is 7.08. The van der Waals surface area contributed by atoms with E-state index in [1.165, 1.54) is 0 Å². The molecular weight excluding hydrogens is 272 g/mol. The molecule has 1 rings (SSSR count). The van der Waals surface area contributed by atoms with Crippen LogP contribution in [0.3, 0.4) is 0 Å². The smallest absolute Gasteiger partial charge is 0.265 e. The lowest BCUT2D eigenvalue weighted by Gasteiger charge is -2.33. The van der Waals surface area contributed by atoms with Crippen LogP contribution in [0.2, 0.25) is 0 Å². The number of carbonyl (C=O) groups excluding carboxylic acids is 1. The third-order valence-corrected chi connectivity index (χ3v) is 3.96. The molecule has 1 atom stereocenters. The monoisotopic (exact) mass is 292 g/mol. The zero-order valence-corrected chi connectivity index (χ0v) is 12.8. The van der Waals surface area contributed by atoms with Gasteiger partial charge in [-0.1, -0.05) is 25.3 Å². The Labute approximate surface area is 118 Å². The maximum atomic E-state index is 12.1. The number of aromatic nitrogens is 2. The van der Waals surface area contributed by atoms with Crippen molar-refractivity contribution >= 4 is 29.8 Å². The molecule has 7 heteroatoms. The minimum absolute atomic E-state index is 0. The summed E-state index contributed by atoms with van der Waals surface area (Å²) in [4.78, 5) is 12.7. The summed E-state index contributed by atoms with van der Waals surface area (Å²) in [6.07, 6.45) is 0.709. The summed E-state index contributed by atoms with van der Waals surface area (Å²) in [6.45, 7) is 8.40. The van der Waals surface area contributed by atoms with E-state index >= 15 is 0 Å². The third-order valence-electron chi connectivity index (χ3n) is 3.19. The molecule has 1 amide bonds. The number of hydrogen-bond donors (Lipinski definition) is 2. The quantitative estimate of drug-likeness (QED) is 0.864. The first kappa shape index (κ1) is 17.3. The topological polar surface area (TPSA) is 80.9 Å². The summed E-state index contributed by atoms with van der Waals surface area (Å²) >= 11 is 1.13. The summed E-state index contributed by atoms with van der Waals surface area (Å²) in [5, 5.41) is 6.92. The number of halogens is 1. The molecule has 18 heavy (non-hydrogen) atoms. The molecule has 0 saturated carbocycles. The highest BCUT2D eigenvalue weighted by atomic mass is 35.5. The van der Waals surface area contributed by atoms with Gasteiger partial charge in [0.25, 0.3) is 5.91 Å². The fourth-order valence-corrected chi connectivity index (χ4v) is 2.01. The predicted molar refractivity (Wildman–Crippen MR) is 76.3 cm³/mol. The van der Waals surface area contributed by atoms with Crippen LogP contribution in [-0.2, 0) is 6.42 Å². The Bertz CT molecular complexity index is 396. The maximum absolute atomic E-state index is 12.1. The van der Waals surface area contributed by atoms with E-state index in [0.29, 0.717) is 17.8 Å². The number of nitrogens with one attached hydrogen (secondary N) is 1. The van der Waals surface area contributed by atoms with Crippen LogP contribution in [0.15, 0.2) is 0 Å². The maximum Gasteiger partial charge on any atom is 0.265 e. The van der Waals surface area contributed by atoms with Crippen LogP contribution in [0.25, 0.3) is 0 Å². The van der Waals surface area contributed by atoms with Gasteiger partial charge in [-0.05, 0) is 30.8 Å². The van der Waals surface area contributed by atoms with E-state index in [-0.39, 0.29) is 24.2 Å². The molecule has 0 saturated heterocycles. The number of amides is 1. The van der Waals surface area contributed by atoms with Gasteiger partial charge in [0.1, 0.15) is 4.88 Å². The number of hydrogen-bond acceptors (Lipinski definition) is 5. The summed E-state index contributed by atoms with van der Waals surface area (Å²) in [7, 11) is 0. The molecule has 0 aromatic carbocycles. The number of rotatable bonds is 5. The average molecular weight is 293 g/mol. The zero-order valence-electron chi connectivity index (χ0n) is 11.2. The standard InChI is InChI=1S/C11H20N4OS.ClH/c1-5-8-9(17-15-14-8)10(16)13-11(4,6-12)7(2)3;/h7H,5-6,12H2,1-4H3,(H,13,16);1H. The molecule has 1 aromatic heterocycles. The fraction of sp³-hybridized carbons (Fsp3) is 0.727. The van der Waals surface area contributed by atoms with Crippen molar-refractivity contribution in [2.75, 3.05) is 6.54 Å². The normalized spacial score (nSPS) is 13.9. The largest absolute Gasteiger partial charge is 0.345 e. The molecule has 5 nitrogen and oxygen atoms in total. The van der Waals surface area contributed by atoms with Crippen LogP contribution in [0.1, 0.15) is 43.1 Å². The second kappa shape index (κ2) is 7.01. The summed E-state index contributed by atoms with van der Waals surface area (Å²) in [6, 6.07) is 0. The average Bonchev–Trinajstić information content (AvgIpc) is 2.76. The Morgan fingerprint density at radius 2 is 2.17 bits per heavy atom. The predicted octanol–water partition coefficient (Wildman–Crippen LogP) is 1.63. The van der Waals surface area contributed by atoms with E-state index in [2.05, 4.69) is 14.9 Å². The SMILES string of the molecule is CCc1nnsc1C(=O)NC(C)(CN)C(C)C.Cl. The molecule has 104 valence electrons. The molecule has 0 bridgehead atoms. The first-order valence-electron chi connectivity index (χ1n) is 5.78. The van der Waals surface area contributed by atoms with E-state index < -0.39 is 5.54 Å². The van der Waals surface area contributed by atoms with Gasteiger partial charge in [0, 0.05) is 6.54 Å². The molecule has 3 N–H and O–H groups in total. The molecule has 0 aliphatic heterocycles. The lowest BCUT2D eigenvalue weighted by atomic mass is 9.88. The zero-order chi connectivity index (χ0) is 13.1. The van der Waals surface area contributed by atoms with Gasteiger partial charge >= 0.3 is 0 Å². The van der Waals surface area contributed by atoms with Crippen molar-refractivity contribution in [1.29, 1.82) is 0 Å². The van der Waals surface area contributed by atoms with E-state index in [0.717, 1.165) is 17.2 Å². The Hall–Kier alpha value is -0.720. The molecule has 0 aliphatic rings. The van der Waals surface area contributed by atoms with Gasteiger partial charge in [0.05, 0.1) is 11.2 Å². The highest BCUT2D eigenvalue weighted by Gasteiger charge is 2.30. The van der Waals surface area contributed by atoms with Gasteiger partial charge in [0.2, 0.25) is 0 Å². The molecular formula is C11H21ClN4OS.